The average molecular weight is 360 g/mol. The predicted octanol–water partition coefficient (Wildman–Crippen LogP) is 3.56. The van der Waals surface area contributed by atoms with Crippen LogP contribution in [0.5, 0.6) is 0 Å². The number of methoxy groups -OCH3 is 2. The van der Waals surface area contributed by atoms with E-state index in [4.69, 9.17) is 13.9 Å². The number of carbonyl (C=O) groups is 2. The lowest BCUT2D eigenvalue weighted by molar-refractivity contribution is -0.145. The summed E-state index contributed by atoms with van der Waals surface area (Å²) in [6.45, 7) is 13.7. The van der Waals surface area contributed by atoms with Crippen molar-refractivity contribution in [2.24, 2.45) is 0 Å². The molecule has 0 radical (unpaired) electrons. The highest BCUT2D eigenvalue weighted by molar-refractivity contribution is 6.77. The van der Waals surface area contributed by atoms with Gasteiger partial charge in [-0.3, -0.25) is 4.90 Å². The maximum atomic E-state index is 12.0. The minimum Gasteiger partial charge on any atom is -0.467 e. The van der Waals surface area contributed by atoms with Gasteiger partial charge in [-0.15, -0.1) is 0 Å². The first kappa shape index (κ1) is 21.0. The van der Waals surface area contributed by atoms with Gasteiger partial charge in [0.25, 0.3) is 0 Å². The molecule has 0 bridgehead atoms. The molecular formula is C17H33NO5Si. The lowest BCUT2D eigenvalue weighted by atomic mass is 10.2. The van der Waals surface area contributed by atoms with Crippen molar-refractivity contribution < 1.29 is 23.5 Å². The number of likely N-dealkylation sites (tertiary alicyclic amines) is 1. The third-order valence-corrected chi connectivity index (χ3v) is 11.4. The Morgan fingerprint density at radius 3 is 1.83 bits per heavy atom. The van der Waals surface area contributed by atoms with Crippen LogP contribution < -0.4 is 0 Å². The summed E-state index contributed by atoms with van der Waals surface area (Å²) in [6, 6.07) is -0.634. The molecule has 6 nitrogen and oxygen atoms in total. The van der Waals surface area contributed by atoms with E-state index in [0.717, 1.165) is 0 Å². The van der Waals surface area contributed by atoms with Crippen molar-refractivity contribution in [3.05, 3.63) is 0 Å². The maximum Gasteiger partial charge on any atom is 0.410 e. The normalized spacial score (nSPS) is 21.7. The Hall–Kier alpha value is -1.08. The first-order chi connectivity index (χ1) is 11.1. The predicted molar refractivity (Wildman–Crippen MR) is 95.5 cm³/mol. The monoisotopic (exact) mass is 359 g/mol. The molecule has 1 saturated heterocycles. The summed E-state index contributed by atoms with van der Waals surface area (Å²) in [5.41, 5.74) is 1.34. The Morgan fingerprint density at radius 2 is 1.46 bits per heavy atom. The van der Waals surface area contributed by atoms with E-state index in [9.17, 15) is 9.59 Å². The Bertz CT molecular complexity index is 406. The number of hydrogen-bond acceptors (Lipinski definition) is 5. The van der Waals surface area contributed by atoms with Crippen molar-refractivity contribution in [1.29, 1.82) is 0 Å². The molecule has 2 atom stereocenters. The van der Waals surface area contributed by atoms with Crippen LogP contribution in [0.1, 0.15) is 48.0 Å². The first-order valence-corrected chi connectivity index (χ1v) is 10.9. The Labute approximate surface area is 147 Å². The van der Waals surface area contributed by atoms with E-state index in [0.29, 0.717) is 29.6 Å². The van der Waals surface area contributed by atoms with Crippen LogP contribution in [-0.4, -0.2) is 58.2 Å². The third kappa shape index (κ3) is 3.94. The van der Waals surface area contributed by atoms with Gasteiger partial charge < -0.3 is 13.9 Å². The van der Waals surface area contributed by atoms with Crippen molar-refractivity contribution in [2.45, 2.75) is 76.7 Å². The fraction of sp³-hybridized carbons (Fsp3) is 0.882. The molecule has 140 valence electrons. The van der Waals surface area contributed by atoms with Crippen LogP contribution in [0.4, 0.5) is 4.79 Å². The number of hydrogen-bond donors (Lipinski definition) is 0. The highest BCUT2D eigenvalue weighted by Crippen LogP contribution is 2.44. The van der Waals surface area contributed by atoms with Gasteiger partial charge in [0.2, 0.25) is 8.32 Å². The summed E-state index contributed by atoms with van der Waals surface area (Å²) >= 11 is 0. The van der Waals surface area contributed by atoms with Crippen LogP contribution >= 0.6 is 0 Å². The molecule has 1 aliphatic rings. The number of nitrogens with zero attached hydrogens (tertiary/aromatic N) is 1. The lowest BCUT2D eigenvalue weighted by Gasteiger charge is -2.44. The zero-order chi connectivity index (χ0) is 18.7. The van der Waals surface area contributed by atoms with Gasteiger partial charge in [-0.05, 0) is 16.6 Å². The van der Waals surface area contributed by atoms with Gasteiger partial charge in [-0.1, -0.05) is 41.5 Å². The maximum absolute atomic E-state index is 12.0. The van der Waals surface area contributed by atoms with Crippen molar-refractivity contribution in [1.82, 2.24) is 4.90 Å². The van der Waals surface area contributed by atoms with Crippen LogP contribution in [0.25, 0.3) is 0 Å². The van der Waals surface area contributed by atoms with Crippen molar-refractivity contribution in [3.63, 3.8) is 0 Å². The molecule has 24 heavy (non-hydrogen) atoms. The van der Waals surface area contributed by atoms with Gasteiger partial charge in [0.15, 0.2) is 0 Å². The largest absolute Gasteiger partial charge is 0.467 e. The summed E-state index contributed by atoms with van der Waals surface area (Å²) in [5, 5.41) is 0. The van der Waals surface area contributed by atoms with Gasteiger partial charge in [-0.25, -0.2) is 9.59 Å². The van der Waals surface area contributed by atoms with Crippen molar-refractivity contribution in [3.8, 4) is 0 Å². The van der Waals surface area contributed by atoms with E-state index in [-0.39, 0.29) is 6.10 Å². The molecule has 0 N–H and O–H groups in total. The van der Waals surface area contributed by atoms with Crippen LogP contribution in [0.15, 0.2) is 0 Å². The minimum absolute atomic E-state index is 0.160. The summed E-state index contributed by atoms with van der Waals surface area (Å²) in [4.78, 5) is 25.5. The van der Waals surface area contributed by atoms with Gasteiger partial charge >= 0.3 is 12.1 Å². The number of amides is 1. The van der Waals surface area contributed by atoms with E-state index < -0.39 is 26.4 Å². The molecule has 7 heteroatoms. The van der Waals surface area contributed by atoms with Crippen molar-refractivity contribution in [2.75, 3.05) is 20.8 Å². The molecule has 0 spiro atoms. The summed E-state index contributed by atoms with van der Waals surface area (Å²) in [7, 11) is 0.582. The molecule has 1 amide bonds. The van der Waals surface area contributed by atoms with Crippen LogP contribution in [0, 0.1) is 0 Å². The first-order valence-electron chi connectivity index (χ1n) is 8.71. The van der Waals surface area contributed by atoms with Gasteiger partial charge in [0.05, 0.1) is 20.3 Å². The molecule has 1 heterocycles. The van der Waals surface area contributed by atoms with Gasteiger partial charge in [0.1, 0.15) is 6.04 Å². The molecule has 1 fully saturated rings. The molecule has 0 aromatic heterocycles. The molecule has 0 unspecified atom stereocenters. The lowest BCUT2D eigenvalue weighted by Crippen LogP contribution is -2.50. The summed E-state index contributed by atoms with van der Waals surface area (Å²) in [5.74, 6) is -0.419. The Balaban J connectivity index is 3.05. The highest BCUT2D eigenvalue weighted by Gasteiger charge is 2.50. The van der Waals surface area contributed by atoms with E-state index in [1.807, 2.05) is 0 Å². The zero-order valence-electron chi connectivity index (χ0n) is 16.3. The number of esters is 1. The smallest absolute Gasteiger partial charge is 0.410 e. The summed E-state index contributed by atoms with van der Waals surface area (Å²) in [6.07, 6.45) is -0.211. The average Bonchev–Trinajstić information content (AvgIpc) is 2.93. The van der Waals surface area contributed by atoms with E-state index >= 15 is 0 Å². The highest BCUT2D eigenvalue weighted by atomic mass is 28.4. The molecule has 0 saturated carbocycles. The molecule has 1 aliphatic heterocycles. The molecule has 0 aromatic rings. The van der Waals surface area contributed by atoms with Crippen LogP contribution in [0.3, 0.4) is 0 Å². The summed E-state index contributed by atoms with van der Waals surface area (Å²) < 4.78 is 16.4. The molecule has 1 rings (SSSR count). The van der Waals surface area contributed by atoms with Gasteiger partial charge in [-0.2, -0.15) is 0 Å². The fourth-order valence-corrected chi connectivity index (χ4v) is 9.82. The molecular weight excluding hydrogens is 326 g/mol. The molecule has 0 aromatic carbocycles. The van der Waals surface area contributed by atoms with Gasteiger partial charge in [0, 0.05) is 13.0 Å². The number of rotatable bonds is 6. The fourth-order valence-electron chi connectivity index (χ4n) is 4.26. The second kappa shape index (κ2) is 8.34. The number of carbonyl (C=O) groups excluding carboxylic acids is 2. The van der Waals surface area contributed by atoms with Crippen LogP contribution in [0.2, 0.25) is 16.6 Å². The quantitative estimate of drug-likeness (QED) is 0.536. The minimum atomic E-state index is -2.07. The van der Waals surface area contributed by atoms with Crippen LogP contribution in [-0.2, 0) is 18.7 Å². The number of ether oxygens (including phenoxy) is 2. The van der Waals surface area contributed by atoms with Crippen molar-refractivity contribution >= 4 is 20.4 Å². The standard InChI is InChI=1S/C17H33NO5Si/c1-11(2)24(12(3)4,13(5)6)23-14-9-15(16(19)21-7)18(10-14)17(20)22-8/h11-15H,9-10H2,1-8H3/t14-,15+/m1/s1. The second-order valence-corrected chi connectivity index (χ2v) is 12.9. The topological polar surface area (TPSA) is 65.1 Å². The Kier molecular flexibility index (Phi) is 7.28. The van der Waals surface area contributed by atoms with E-state index in [1.54, 1.807) is 0 Å². The SMILES string of the molecule is COC(=O)[C@@H]1C[C@@H](O[Si](C(C)C)(C(C)C)C(C)C)CN1C(=O)OC. The zero-order valence-corrected chi connectivity index (χ0v) is 17.3. The third-order valence-electron chi connectivity index (χ3n) is 5.22. The Morgan fingerprint density at radius 1 is 0.958 bits per heavy atom. The van der Waals surface area contributed by atoms with E-state index in [2.05, 4.69) is 41.5 Å². The van der Waals surface area contributed by atoms with E-state index in [1.165, 1.54) is 19.1 Å². The second-order valence-electron chi connectivity index (χ2n) is 7.45. The molecule has 0 aliphatic carbocycles.